The molecule has 0 saturated carbocycles. The molecule has 170 valence electrons. The first-order valence-electron chi connectivity index (χ1n) is 10.7. The average Bonchev–Trinajstić information content (AvgIpc) is 3.37. The van der Waals surface area contributed by atoms with E-state index in [9.17, 15) is 14.0 Å². The number of aryl methyl sites for hydroxylation is 3. The van der Waals surface area contributed by atoms with E-state index in [1.54, 1.807) is 23.6 Å². The van der Waals surface area contributed by atoms with Gasteiger partial charge in [0.15, 0.2) is 5.16 Å². The summed E-state index contributed by atoms with van der Waals surface area (Å²) in [6.07, 6.45) is 2.59. The number of carbonyl (C=O) groups excluding carboxylic acids is 1. The Balaban J connectivity index is 1.61. The van der Waals surface area contributed by atoms with Crippen LogP contribution < -0.4 is 10.9 Å². The summed E-state index contributed by atoms with van der Waals surface area (Å²) in [5.74, 6) is -0.811. The van der Waals surface area contributed by atoms with Crippen molar-refractivity contribution in [2.45, 2.75) is 57.8 Å². The highest BCUT2D eigenvalue weighted by molar-refractivity contribution is 7.99. The van der Waals surface area contributed by atoms with Gasteiger partial charge in [-0.2, -0.15) is 0 Å². The van der Waals surface area contributed by atoms with E-state index >= 15 is 0 Å². The van der Waals surface area contributed by atoms with Crippen molar-refractivity contribution in [1.29, 1.82) is 0 Å². The molecular formula is C23H26FN3O3S2. The highest BCUT2D eigenvalue weighted by Crippen LogP contribution is 2.30. The fourth-order valence-electron chi connectivity index (χ4n) is 3.96. The number of hydrogen-bond acceptors (Lipinski definition) is 6. The van der Waals surface area contributed by atoms with Gasteiger partial charge in [0.1, 0.15) is 10.6 Å². The predicted octanol–water partition coefficient (Wildman–Crippen LogP) is 4.69. The van der Waals surface area contributed by atoms with Crippen molar-refractivity contribution in [3.05, 3.63) is 50.4 Å². The zero-order valence-corrected chi connectivity index (χ0v) is 20.0. The number of thiophene rings is 1. The maximum absolute atomic E-state index is 14.1. The molecule has 1 amide bonds. The molecule has 1 aliphatic rings. The standard InChI is InChI=1S/C23H26FN3O3S2/c1-4-16-14(3)32-21-20(16)22(29)27(11-15-6-5-9-30-15)23(26-21)31-12-19(28)25-18-8-7-13(2)10-17(18)24/h7-8,10,15H,4-6,9,11-12H2,1-3H3,(H,25,28). The minimum atomic E-state index is -0.473. The first kappa shape index (κ1) is 22.9. The Kier molecular flexibility index (Phi) is 6.97. The van der Waals surface area contributed by atoms with Gasteiger partial charge in [0.2, 0.25) is 5.91 Å². The van der Waals surface area contributed by atoms with E-state index in [0.29, 0.717) is 28.5 Å². The molecule has 9 heteroatoms. The van der Waals surface area contributed by atoms with E-state index in [-0.39, 0.29) is 29.0 Å². The van der Waals surface area contributed by atoms with Crippen LogP contribution in [0.25, 0.3) is 10.2 Å². The van der Waals surface area contributed by atoms with E-state index in [2.05, 4.69) is 5.32 Å². The molecule has 1 unspecified atom stereocenters. The van der Waals surface area contributed by atoms with E-state index < -0.39 is 5.82 Å². The molecule has 4 rings (SSSR count). The van der Waals surface area contributed by atoms with Crippen LogP contribution in [0.2, 0.25) is 0 Å². The number of fused-ring (bicyclic) bond motifs is 1. The van der Waals surface area contributed by atoms with E-state index in [1.807, 2.05) is 13.8 Å². The first-order chi connectivity index (χ1) is 15.4. The maximum atomic E-state index is 14.1. The third-order valence-corrected chi connectivity index (χ3v) is 7.59. The Morgan fingerprint density at radius 2 is 2.22 bits per heavy atom. The van der Waals surface area contributed by atoms with Crippen molar-refractivity contribution < 1.29 is 13.9 Å². The number of amides is 1. The number of carbonyl (C=O) groups is 1. The minimum Gasteiger partial charge on any atom is -0.376 e. The van der Waals surface area contributed by atoms with Crippen LogP contribution in [-0.2, 0) is 22.5 Å². The van der Waals surface area contributed by atoms with Gasteiger partial charge in [0.05, 0.1) is 29.5 Å². The van der Waals surface area contributed by atoms with Crippen LogP contribution >= 0.6 is 23.1 Å². The van der Waals surface area contributed by atoms with Crippen LogP contribution in [0.5, 0.6) is 0 Å². The molecule has 3 heterocycles. The number of thioether (sulfide) groups is 1. The Bertz CT molecular complexity index is 1220. The number of anilines is 1. The third kappa shape index (κ3) is 4.74. The normalized spacial score (nSPS) is 16.1. The van der Waals surface area contributed by atoms with Gasteiger partial charge < -0.3 is 10.1 Å². The topological polar surface area (TPSA) is 73.2 Å². The summed E-state index contributed by atoms with van der Waals surface area (Å²) in [6, 6.07) is 4.67. The second-order valence-electron chi connectivity index (χ2n) is 7.94. The van der Waals surface area contributed by atoms with Gasteiger partial charge in [-0.3, -0.25) is 14.2 Å². The molecule has 32 heavy (non-hydrogen) atoms. The summed E-state index contributed by atoms with van der Waals surface area (Å²) in [4.78, 5) is 32.5. The molecule has 1 N–H and O–H groups in total. The lowest BCUT2D eigenvalue weighted by Crippen LogP contribution is -2.29. The predicted molar refractivity (Wildman–Crippen MR) is 127 cm³/mol. The second-order valence-corrected chi connectivity index (χ2v) is 10.1. The second kappa shape index (κ2) is 9.72. The van der Waals surface area contributed by atoms with Gasteiger partial charge in [0.25, 0.3) is 5.56 Å². The van der Waals surface area contributed by atoms with E-state index in [0.717, 1.165) is 35.3 Å². The number of nitrogens with one attached hydrogen (secondary N) is 1. The van der Waals surface area contributed by atoms with E-state index in [1.165, 1.54) is 29.2 Å². The Hall–Kier alpha value is -2.23. The van der Waals surface area contributed by atoms with Gasteiger partial charge in [0, 0.05) is 11.5 Å². The monoisotopic (exact) mass is 475 g/mol. The molecule has 1 aliphatic heterocycles. The van der Waals surface area contributed by atoms with Crippen molar-refractivity contribution in [2.75, 3.05) is 17.7 Å². The quantitative estimate of drug-likeness (QED) is 0.397. The molecule has 3 aromatic rings. The van der Waals surface area contributed by atoms with Gasteiger partial charge in [-0.15, -0.1) is 11.3 Å². The van der Waals surface area contributed by atoms with Crippen LogP contribution in [0, 0.1) is 19.7 Å². The molecular weight excluding hydrogens is 449 g/mol. The minimum absolute atomic E-state index is 0.0157. The molecule has 1 atom stereocenters. The number of rotatable bonds is 7. The summed E-state index contributed by atoms with van der Waals surface area (Å²) in [7, 11) is 0. The fourth-order valence-corrected chi connectivity index (χ4v) is 5.92. The summed E-state index contributed by atoms with van der Waals surface area (Å²) in [6.45, 7) is 6.94. The Morgan fingerprint density at radius 3 is 2.91 bits per heavy atom. The Morgan fingerprint density at radius 1 is 1.41 bits per heavy atom. The maximum Gasteiger partial charge on any atom is 0.263 e. The third-order valence-electron chi connectivity index (χ3n) is 5.57. The molecule has 1 saturated heterocycles. The number of aromatic nitrogens is 2. The van der Waals surface area contributed by atoms with Crippen LogP contribution in [0.3, 0.4) is 0 Å². The van der Waals surface area contributed by atoms with Crippen molar-refractivity contribution in [2.24, 2.45) is 0 Å². The molecule has 6 nitrogen and oxygen atoms in total. The SMILES string of the molecule is CCc1c(C)sc2nc(SCC(=O)Nc3ccc(C)cc3F)n(CC3CCCO3)c(=O)c12. The molecule has 0 bridgehead atoms. The highest BCUT2D eigenvalue weighted by Gasteiger charge is 2.23. The molecule has 0 aliphatic carbocycles. The largest absolute Gasteiger partial charge is 0.376 e. The molecule has 0 spiro atoms. The highest BCUT2D eigenvalue weighted by atomic mass is 32.2. The van der Waals surface area contributed by atoms with Crippen LogP contribution in [0.15, 0.2) is 28.2 Å². The summed E-state index contributed by atoms with van der Waals surface area (Å²) in [5.41, 5.74) is 1.87. The summed E-state index contributed by atoms with van der Waals surface area (Å²) < 4.78 is 21.5. The van der Waals surface area contributed by atoms with Crippen LogP contribution in [-0.4, -0.2) is 33.9 Å². The summed E-state index contributed by atoms with van der Waals surface area (Å²) >= 11 is 2.69. The zero-order valence-electron chi connectivity index (χ0n) is 18.4. The lowest BCUT2D eigenvalue weighted by atomic mass is 10.1. The fraction of sp³-hybridized carbons (Fsp3) is 0.435. The van der Waals surface area contributed by atoms with Gasteiger partial charge in [-0.1, -0.05) is 24.8 Å². The van der Waals surface area contributed by atoms with Gasteiger partial charge >= 0.3 is 0 Å². The van der Waals surface area contributed by atoms with Gasteiger partial charge in [-0.05, 0) is 56.4 Å². The van der Waals surface area contributed by atoms with Crippen molar-refractivity contribution in [3.8, 4) is 0 Å². The lowest BCUT2D eigenvalue weighted by molar-refractivity contribution is -0.113. The molecule has 2 aromatic heterocycles. The van der Waals surface area contributed by atoms with Crippen LogP contribution in [0.4, 0.5) is 10.1 Å². The molecule has 1 fully saturated rings. The zero-order chi connectivity index (χ0) is 22.8. The molecule has 1 aromatic carbocycles. The average molecular weight is 476 g/mol. The number of benzene rings is 1. The van der Waals surface area contributed by atoms with Gasteiger partial charge in [-0.25, -0.2) is 9.37 Å². The van der Waals surface area contributed by atoms with Crippen molar-refractivity contribution >= 4 is 44.9 Å². The van der Waals surface area contributed by atoms with Crippen molar-refractivity contribution in [1.82, 2.24) is 9.55 Å². The van der Waals surface area contributed by atoms with Crippen molar-refractivity contribution in [3.63, 3.8) is 0 Å². The smallest absolute Gasteiger partial charge is 0.263 e. The lowest BCUT2D eigenvalue weighted by Gasteiger charge is -2.16. The number of hydrogen-bond donors (Lipinski definition) is 1. The van der Waals surface area contributed by atoms with Crippen LogP contribution in [0.1, 0.15) is 35.8 Å². The summed E-state index contributed by atoms with van der Waals surface area (Å²) in [5, 5.41) is 3.76. The number of ether oxygens (including phenoxy) is 1. The number of halogens is 1. The Labute approximate surface area is 194 Å². The van der Waals surface area contributed by atoms with E-state index in [4.69, 9.17) is 9.72 Å². The molecule has 0 radical (unpaired) electrons. The number of nitrogens with zero attached hydrogens (tertiary/aromatic N) is 2. The first-order valence-corrected chi connectivity index (χ1v) is 12.5.